The van der Waals surface area contributed by atoms with Crippen LogP contribution in [0.4, 0.5) is 0 Å². The van der Waals surface area contributed by atoms with Crippen LogP contribution < -0.4 is 0 Å². The molecule has 0 radical (unpaired) electrons. The zero-order chi connectivity index (χ0) is 12.3. The second kappa shape index (κ2) is 5.73. The molecule has 0 atom stereocenters. The lowest BCUT2D eigenvalue weighted by molar-refractivity contribution is 0.101. The van der Waals surface area contributed by atoms with Crippen LogP contribution >= 0.6 is 23.4 Å². The molecule has 0 aromatic carbocycles. The number of hydrogen-bond acceptors (Lipinski definition) is 3. The predicted molar refractivity (Wildman–Crippen MR) is 69.5 cm³/mol. The molecule has 0 aliphatic rings. The van der Waals surface area contributed by atoms with Crippen LogP contribution in [0, 0.1) is 0 Å². The number of aromatic nitrogens is 2. The van der Waals surface area contributed by atoms with Crippen LogP contribution in [0.15, 0.2) is 6.20 Å². The van der Waals surface area contributed by atoms with Gasteiger partial charge >= 0.3 is 0 Å². The molecule has 5 heteroatoms. The van der Waals surface area contributed by atoms with Crippen LogP contribution in [-0.2, 0) is 0 Å². The van der Waals surface area contributed by atoms with Crippen molar-refractivity contribution in [1.29, 1.82) is 0 Å². The molecule has 0 saturated heterocycles. The molecule has 0 aliphatic heterocycles. The Balaban J connectivity index is 2.85. The van der Waals surface area contributed by atoms with Crippen molar-refractivity contribution in [3.63, 3.8) is 0 Å². The minimum atomic E-state index is 0.0508. The van der Waals surface area contributed by atoms with E-state index in [1.54, 1.807) is 16.4 Å². The number of carbonyl (C=O) groups excluding carboxylic acids is 1. The molecule has 0 N–H and O–H groups in total. The first-order valence-electron chi connectivity index (χ1n) is 5.31. The maximum atomic E-state index is 12.0. The first kappa shape index (κ1) is 13.6. The molecule has 90 valence electrons. The van der Waals surface area contributed by atoms with E-state index < -0.39 is 0 Å². The predicted octanol–water partition coefficient (Wildman–Crippen LogP) is 3.44. The minimum absolute atomic E-state index is 0.0508. The smallest absolute Gasteiger partial charge is 0.192 e. The fourth-order valence-electron chi connectivity index (χ4n) is 1.30. The highest BCUT2D eigenvalue weighted by Gasteiger charge is 2.19. The van der Waals surface area contributed by atoms with Gasteiger partial charge in [0.05, 0.1) is 17.0 Å². The summed E-state index contributed by atoms with van der Waals surface area (Å²) in [5, 5.41) is 5.01. The van der Waals surface area contributed by atoms with Gasteiger partial charge in [-0.2, -0.15) is 16.9 Å². The molecule has 0 aliphatic carbocycles. The SMILES string of the molecule is CC(C)SCC(=O)c1c(Cl)cnn1C(C)C. The number of halogens is 1. The van der Waals surface area contributed by atoms with Crippen molar-refractivity contribution in [3.05, 3.63) is 16.9 Å². The zero-order valence-corrected chi connectivity index (χ0v) is 11.6. The van der Waals surface area contributed by atoms with Gasteiger partial charge in [0, 0.05) is 6.04 Å². The molecule has 1 aromatic heterocycles. The average Bonchev–Trinajstić information content (AvgIpc) is 2.56. The van der Waals surface area contributed by atoms with Crippen molar-refractivity contribution < 1.29 is 4.79 Å². The van der Waals surface area contributed by atoms with E-state index >= 15 is 0 Å². The van der Waals surface area contributed by atoms with Crippen molar-refractivity contribution in [2.24, 2.45) is 0 Å². The summed E-state index contributed by atoms with van der Waals surface area (Å²) in [6.07, 6.45) is 1.54. The number of nitrogens with zero attached hydrogens (tertiary/aromatic N) is 2. The summed E-state index contributed by atoms with van der Waals surface area (Å²) < 4.78 is 1.69. The maximum absolute atomic E-state index is 12.0. The Labute approximate surface area is 106 Å². The van der Waals surface area contributed by atoms with E-state index in [4.69, 9.17) is 11.6 Å². The summed E-state index contributed by atoms with van der Waals surface area (Å²) in [7, 11) is 0. The van der Waals surface area contributed by atoms with Gasteiger partial charge in [-0.25, -0.2) is 0 Å². The zero-order valence-electron chi connectivity index (χ0n) is 10.0. The van der Waals surface area contributed by atoms with E-state index in [0.29, 0.717) is 21.7 Å². The van der Waals surface area contributed by atoms with Gasteiger partial charge in [0.15, 0.2) is 5.78 Å². The Morgan fingerprint density at radius 3 is 2.62 bits per heavy atom. The molecule has 1 rings (SSSR count). The highest BCUT2D eigenvalue weighted by atomic mass is 35.5. The summed E-state index contributed by atoms with van der Waals surface area (Å²) in [5.41, 5.74) is 0.532. The molecule has 0 amide bonds. The number of hydrogen-bond donors (Lipinski definition) is 0. The Hall–Kier alpha value is -0.480. The van der Waals surface area contributed by atoms with E-state index in [0.717, 1.165) is 0 Å². The summed E-state index contributed by atoms with van der Waals surface area (Å²) in [5.74, 6) is 0.505. The topological polar surface area (TPSA) is 34.9 Å². The quantitative estimate of drug-likeness (QED) is 0.761. The third-order valence-electron chi connectivity index (χ3n) is 2.05. The lowest BCUT2D eigenvalue weighted by atomic mass is 10.3. The van der Waals surface area contributed by atoms with Gasteiger partial charge < -0.3 is 0 Å². The second-order valence-electron chi connectivity index (χ2n) is 4.16. The van der Waals surface area contributed by atoms with Crippen LogP contribution in [0.3, 0.4) is 0 Å². The van der Waals surface area contributed by atoms with Gasteiger partial charge in [-0.05, 0) is 19.1 Å². The van der Waals surface area contributed by atoms with Crippen molar-refractivity contribution in [2.75, 3.05) is 5.75 Å². The largest absolute Gasteiger partial charge is 0.291 e. The highest BCUT2D eigenvalue weighted by molar-refractivity contribution is 8.00. The van der Waals surface area contributed by atoms with Gasteiger partial charge in [0.2, 0.25) is 0 Å². The molecule has 0 fully saturated rings. The molecule has 0 spiro atoms. The normalized spacial score (nSPS) is 11.4. The maximum Gasteiger partial charge on any atom is 0.192 e. The summed E-state index contributed by atoms with van der Waals surface area (Å²) in [6, 6.07) is 0.149. The molecule has 3 nitrogen and oxygen atoms in total. The number of rotatable bonds is 5. The molecule has 16 heavy (non-hydrogen) atoms. The number of carbonyl (C=O) groups is 1. The molecular formula is C11H17ClN2OS. The van der Waals surface area contributed by atoms with E-state index in [2.05, 4.69) is 18.9 Å². The number of ketones is 1. The van der Waals surface area contributed by atoms with Crippen LogP contribution in [-0.4, -0.2) is 26.6 Å². The second-order valence-corrected chi connectivity index (χ2v) is 6.13. The van der Waals surface area contributed by atoms with E-state index in [1.807, 2.05) is 13.8 Å². The van der Waals surface area contributed by atoms with Crippen LogP contribution in [0.1, 0.15) is 44.2 Å². The molecule has 0 bridgehead atoms. The lowest BCUT2D eigenvalue weighted by Crippen LogP contribution is -2.15. The standard InChI is InChI=1S/C11H17ClN2OS/c1-7(2)14-11(9(12)5-13-14)10(15)6-16-8(3)4/h5,7-8H,6H2,1-4H3. The first-order valence-corrected chi connectivity index (χ1v) is 6.74. The first-order chi connectivity index (χ1) is 7.43. The Bertz CT molecular complexity index is 374. The van der Waals surface area contributed by atoms with Crippen molar-refractivity contribution >= 4 is 29.1 Å². The highest BCUT2D eigenvalue weighted by Crippen LogP contribution is 2.21. The third-order valence-corrected chi connectivity index (χ3v) is 3.42. The lowest BCUT2D eigenvalue weighted by Gasteiger charge is -2.11. The van der Waals surface area contributed by atoms with Gasteiger partial charge in [0.1, 0.15) is 5.69 Å². The Morgan fingerprint density at radius 2 is 2.12 bits per heavy atom. The van der Waals surface area contributed by atoms with Gasteiger partial charge in [-0.1, -0.05) is 25.4 Å². The molecule has 0 unspecified atom stereocenters. The van der Waals surface area contributed by atoms with Crippen molar-refractivity contribution in [2.45, 2.75) is 39.0 Å². The molecule has 1 aromatic rings. The van der Waals surface area contributed by atoms with Crippen LogP contribution in [0.25, 0.3) is 0 Å². The summed E-state index contributed by atoms with van der Waals surface area (Å²) in [4.78, 5) is 12.0. The van der Waals surface area contributed by atoms with Crippen LogP contribution in [0.2, 0.25) is 5.02 Å². The Morgan fingerprint density at radius 1 is 1.50 bits per heavy atom. The third kappa shape index (κ3) is 3.25. The molecule has 0 saturated carbocycles. The fourth-order valence-corrected chi connectivity index (χ4v) is 2.16. The fraction of sp³-hybridized carbons (Fsp3) is 0.636. The molecular weight excluding hydrogens is 244 g/mol. The van der Waals surface area contributed by atoms with Gasteiger partial charge in [0.25, 0.3) is 0 Å². The number of thioether (sulfide) groups is 1. The van der Waals surface area contributed by atoms with E-state index in [9.17, 15) is 4.79 Å². The van der Waals surface area contributed by atoms with Crippen LogP contribution in [0.5, 0.6) is 0 Å². The molecule has 1 heterocycles. The van der Waals surface area contributed by atoms with Gasteiger partial charge in [-0.3, -0.25) is 9.48 Å². The minimum Gasteiger partial charge on any atom is -0.291 e. The van der Waals surface area contributed by atoms with Crippen molar-refractivity contribution in [1.82, 2.24) is 9.78 Å². The summed E-state index contributed by atoms with van der Waals surface area (Å²) in [6.45, 7) is 8.10. The monoisotopic (exact) mass is 260 g/mol. The van der Waals surface area contributed by atoms with Crippen molar-refractivity contribution in [3.8, 4) is 0 Å². The van der Waals surface area contributed by atoms with E-state index in [1.165, 1.54) is 6.20 Å². The number of Topliss-reactive ketones (excluding diaryl/α,β-unsaturated/α-hetero) is 1. The van der Waals surface area contributed by atoms with E-state index in [-0.39, 0.29) is 11.8 Å². The summed E-state index contributed by atoms with van der Waals surface area (Å²) >= 11 is 7.60. The van der Waals surface area contributed by atoms with Gasteiger partial charge in [-0.15, -0.1) is 0 Å². The Kier molecular flexibility index (Phi) is 4.87. The average molecular weight is 261 g/mol.